The predicted molar refractivity (Wildman–Crippen MR) is 145 cm³/mol. The molecule has 184 valence electrons. The number of ether oxygens (including phenoxy) is 2. The lowest BCUT2D eigenvalue weighted by Gasteiger charge is -2.01. The normalized spacial score (nSPS) is 8.62. The van der Waals surface area contributed by atoms with Crippen LogP contribution in [0.2, 0.25) is 0 Å². The van der Waals surface area contributed by atoms with Crippen LogP contribution < -0.4 is 0 Å². The van der Waals surface area contributed by atoms with Crippen molar-refractivity contribution in [1.29, 1.82) is 0 Å². The van der Waals surface area contributed by atoms with Gasteiger partial charge in [0.25, 0.3) is 0 Å². The van der Waals surface area contributed by atoms with Crippen molar-refractivity contribution in [2.75, 3.05) is 13.7 Å². The van der Waals surface area contributed by atoms with E-state index in [1.165, 1.54) is 18.2 Å². The van der Waals surface area contributed by atoms with Crippen molar-refractivity contribution in [2.45, 2.75) is 40.5 Å². The fourth-order valence-corrected chi connectivity index (χ4v) is 1.92. The monoisotopic (exact) mass is 464 g/mol. The molecule has 0 spiro atoms. The molecule has 34 heavy (non-hydrogen) atoms. The Balaban J connectivity index is 0. The van der Waals surface area contributed by atoms with E-state index in [0.717, 1.165) is 18.4 Å². The zero-order valence-corrected chi connectivity index (χ0v) is 21.4. The summed E-state index contributed by atoms with van der Waals surface area (Å²) in [6, 6.07) is 20.2. The van der Waals surface area contributed by atoms with Crippen LogP contribution in [-0.4, -0.2) is 25.7 Å². The second-order valence-electron chi connectivity index (χ2n) is 7.30. The molecule has 0 unspecified atom stereocenters. The van der Waals surface area contributed by atoms with Gasteiger partial charge in [-0.3, -0.25) is 0 Å². The van der Waals surface area contributed by atoms with Gasteiger partial charge in [-0.2, -0.15) is 0 Å². The first kappa shape index (κ1) is 32.5. The number of carbonyl (C=O) groups is 2. The Morgan fingerprint density at radius 1 is 0.824 bits per heavy atom. The van der Waals surface area contributed by atoms with E-state index >= 15 is 0 Å². The van der Waals surface area contributed by atoms with Gasteiger partial charge in [-0.05, 0) is 38.3 Å². The first-order chi connectivity index (χ1) is 16.1. The van der Waals surface area contributed by atoms with Crippen molar-refractivity contribution < 1.29 is 19.1 Å². The van der Waals surface area contributed by atoms with Crippen LogP contribution in [0, 0.1) is 0 Å². The number of rotatable bonds is 7. The summed E-state index contributed by atoms with van der Waals surface area (Å²) >= 11 is 0. The van der Waals surface area contributed by atoms with E-state index < -0.39 is 0 Å². The molecule has 4 heteroatoms. The molecule has 0 bridgehead atoms. The Morgan fingerprint density at radius 3 is 1.56 bits per heavy atom. The lowest BCUT2D eigenvalue weighted by atomic mass is 10.1. The molecule has 4 nitrogen and oxygen atoms in total. The smallest absolute Gasteiger partial charge is 0.333 e. The van der Waals surface area contributed by atoms with E-state index in [9.17, 15) is 9.59 Å². The Kier molecular flexibility index (Phi) is 20.3. The summed E-state index contributed by atoms with van der Waals surface area (Å²) in [6.07, 6.45) is 3.81. The van der Waals surface area contributed by atoms with Crippen molar-refractivity contribution in [2.24, 2.45) is 0 Å². The molecular weight excluding hydrogens is 424 g/mol. The van der Waals surface area contributed by atoms with Crippen LogP contribution in [0.25, 0.3) is 11.6 Å². The molecule has 0 aliphatic carbocycles. The molecule has 0 N–H and O–H groups in total. The first-order valence-corrected chi connectivity index (χ1v) is 11.0. The molecule has 0 amide bonds. The SMILES string of the molecule is C=C(C)C(=O)OC.C=C(C)C(=O)OCCCC.C=C(C)c1ccccc1.C=Cc1ccccc1. The predicted octanol–water partition coefficient (Wildman–Crippen LogP) is 7.69. The highest BCUT2D eigenvalue weighted by Gasteiger charge is 2.00. The topological polar surface area (TPSA) is 52.6 Å². The van der Waals surface area contributed by atoms with Gasteiger partial charge in [0.2, 0.25) is 0 Å². The van der Waals surface area contributed by atoms with E-state index in [0.29, 0.717) is 17.8 Å². The molecule has 0 aromatic heterocycles. The number of esters is 2. The average molecular weight is 465 g/mol. The van der Waals surface area contributed by atoms with E-state index in [1.807, 2.05) is 61.5 Å². The summed E-state index contributed by atoms with van der Waals surface area (Å²) in [5.74, 6) is -0.631. The molecule has 0 saturated heterocycles. The summed E-state index contributed by atoms with van der Waals surface area (Å²) in [5.41, 5.74) is 4.42. The minimum atomic E-state index is -0.347. The molecule has 2 aromatic carbocycles. The van der Waals surface area contributed by atoms with Gasteiger partial charge >= 0.3 is 11.9 Å². The first-order valence-electron chi connectivity index (χ1n) is 11.0. The Hall–Kier alpha value is -3.66. The molecular formula is C30H40O4. The van der Waals surface area contributed by atoms with Gasteiger partial charge in [0.15, 0.2) is 0 Å². The van der Waals surface area contributed by atoms with Gasteiger partial charge in [0.05, 0.1) is 13.7 Å². The number of hydrogen-bond donors (Lipinski definition) is 0. The number of methoxy groups -OCH3 is 1. The van der Waals surface area contributed by atoms with Gasteiger partial charge in [-0.15, -0.1) is 0 Å². The van der Waals surface area contributed by atoms with Crippen LogP contribution in [-0.2, 0) is 19.1 Å². The maximum absolute atomic E-state index is 10.7. The standard InChI is InChI=1S/C9H10.C8H14O2.C8H8.C5H8O2/c1-8(2)9-6-4-3-5-7-9;1-4-5-6-10-8(9)7(2)3;1-2-8-6-4-3-5-7-8;1-4(2)5(6)7-3/h3-7H,1H2,2H3;2,4-6H2,1,3H3;2-7H,1H2;1H2,2-3H3. The van der Waals surface area contributed by atoms with E-state index in [2.05, 4.69) is 50.1 Å². The lowest BCUT2D eigenvalue weighted by molar-refractivity contribution is -0.139. The molecule has 2 aromatic rings. The van der Waals surface area contributed by atoms with E-state index in [4.69, 9.17) is 4.74 Å². The van der Waals surface area contributed by atoms with Crippen LogP contribution in [0.5, 0.6) is 0 Å². The zero-order chi connectivity index (χ0) is 26.4. The fourth-order valence-electron chi connectivity index (χ4n) is 1.92. The van der Waals surface area contributed by atoms with Crippen LogP contribution >= 0.6 is 0 Å². The Bertz CT molecular complexity index is 881. The quantitative estimate of drug-likeness (QED) is 0.239. The van der Waals surface area contributed by atoms with Gasteiger partial charge in [0.1, 0.15) is 0 Å². The Morgan fingerprint density at radius 2 is 1.29 bits per heavy atom. The molecule has 0 aliphatic heterocycles. The minimum absolute atomic E-state index is 0.284. The van der Waals surface area contributed by atoms with Crippen molar-refractivity contribution in [3.63, 3.8) is 0 Å². The van der Waals surface area contributed by atoms with Crippen molar-refractivity contribution in [3.8, 4) is 0 Å². The highest BCUT2D eigenvalue weighted by atomic mass is 16.5. The molecule has 2 rings (SSSR count). The van der Waals surface area contributed by atoms with Gasteiger partial charge in [-0.25, -0.2) is 9.59 Å². The van der Waals surface area contributed by atoms with Crippen LogP contribution in [0.15, 0.2) is 98.1 Å². The molecule has 0 fully saturated rings. The summed E-state index contributed by atoms with van der Waals surface area (Å²) in [5, 5.41) is 0. The number of unbranched alkanes of at least 4 members (excludes halogenated alkanes) is 1. The third kappa shape index (κ3) is 19.1. The largest absolute Gasteiger partial charge is 0.466 e. The Labute approximate surface area is 206 Å². The van der Waals surface area contributed by atoms with Crippen molar-refractivity contribution in [3.05, 3.63) is 109 Å². The van der Waals surface area contributed by atoms with Crippen molar-refractivity contribution in [1.82, 2.24) is 0 Å². The second-order valence-corrected chi connectivity index (χ2v) is 7.30. The van der Waals surface area contributed by atoms with E-state index in [-0.39, 0.29) is 11.9 Å². The highest BCUT2D eigenvalue weighted by molar-refractivity contribution is 5.87. The number of hydrogen-bond acceptors (Lipinski definition) is 4. The summed E-state index contributed by atoms with van der Waals surface area (Å²) < 4.78 is 9.08. The summed E-state index contributed by atoms with van der Waals surface area (Å²) in [4.78, 5) is 20.9. The second kappa shape index (κ2) is 21.2. The maximum Gasteiger partial charge on any atom is 0.333 e. The third-order valence-corrected chi connectivity index (χ3v) is 3.92. The van der Waals surface area contributed by atoms with Crippen LogP contribution in [0.4, 0.5) is 0 Å². The maximum atomic E-state index is 10.7. The lowest BCUT2D eigenvalue weighted by Crippen LogP contribution is -2.05. The molecule has 0 radical (unpaired) electrons. The van der Waals surface area contributed by atoms with E-state index in [1.54, 1.807) is 13.8 Å². The summed E-state index contributed by atoms with van der Waals surface area (Å²) in [7, 11) is 1.33. The molecule has 0 heterocycles. The highest BCUT2D eigenvalue weighted by Crippen LogP contribution is 2.08. The molecule has 0 aliphatic rings. The van der Waals surface area contributed by atoms with Crippen LogP contribution in [0.3, 0.4) is 0 Å². The summed E-state index contributed by atoms with van der Waals surface area (Å²) in [6.45, 7) is 22.1. The third-order valence-electron chi connectivity index (χ3n) is 3.92. The number of carbonyl (C=O) groups excluding carboxylic acids is 2. The van der Waals surface area contributed by atoms with Crippen LogP contribution in [0.1, 0.15) is 51.7 Å². The van der Waals surface area contributed by atoms with Gasteiger partial charge < -0.3 is 9.47 Å². The molecule has 0 saturated carbocycles. The number of benzene rings is 2. The minimum Gasteiger partial charge on any atom is -0.466 e. The fraction of sp³-hybridized carbons (Fsp3) is 0.267. The van der Waals surface area contributed by atoms with Crippen molar-refractivity contribution >= 4 is 23.6 Å². The van der Waals surface area contributed by atoms with Gasteiger partial charge in [-0.1, -0.05) is 112 Å². The average Bonchev–Trinajstić information content (AvgIpc) is 2.85. The molecule has 0 atom stereocenters. The zero-order valence-electron chi connectivity index (χ0n) is 21.4. The number of allylic oxidation sites excluding steroid dienone is 1. The van der Waals surface area contributed by atoms with Gasteiger partial charge in [0, 0.05) is 11.1 Å².